The van der Waals surface area contributed by atoms with Crippen molar-refractivity contribution in [2.45, 2.75) is 25.9 Å². The zero-order valence-electron chi connectivity index (χ0n) is 17.8. The zero-order chi connectivity index (χ0) is 23.7. The largest absolute Gasteiger partial charge is 0.573 e. The molecule has 0 radical (unpaired) electrons. The summed E-state index contributed by atoms with van der Waals surface area (Å²) in [4.78, 5) is 26.6. The van der Waals surface area contributed by atoms with Crippen LogP contribution in [-0.4, -0.2) is 32.8 Å². The Balaban J connectivity index is 1.25. The minimum atomic E-state index is -4.72. The molecule has 174 valence electrons. The number of rotatable bonds is 5. The van der Waals surface area contributed by atoms with Gasteiger partial charge in [-0.25, -0.2) is 4.98 Å². The Bertz CT molecular complexity index is 1330. The minimum absolute atomic E-state index is 0.174. The molecule has 4 heterocycles. The monoisotopic (exact) mass is 468 g/mol. The van der Waals surface area contributed by atoms with Crippen molar-refractivity contribution in [3.63, 3.8) is 0 Å². The third kappa shape index (κ3) is 4.86. The lowest BCUT2D eigenvalue weighted by atomic mass is 10.1. The Labute approximate surface area is 191 Å². The molecule has 1 aromatic carbocycles. The van der Waals surface area contributed by atoms with Crippen molar-refractivity contribution >= 4 is 0 Å². The van der Waals surface area contributed by atoms with Gasteiger partial charge in [-0.3, -0.25) is 14.7 Å². The number of ether oxygens (including phenoxy) is 1. The zero-order valence-corrected chi connectivity index (χ0v) is 17.8. The van der Waals surface area contributed by atoms with E-state index in [9.17, 15) is 18.0 Å². The van der Waals surface area contributed by atoms with Crippen LogP contribution in [-0.2, 0) is 19.5 Å². The van der Waals surface area contributed by atoms with E-state index < -0.39 is 6.36 Å². The molecule has 1 N–H and O–H groups in total. The summed E-state index contributed by atoms with van der Waals surface area (Å²) in [6.45, 7) is 1.81. The maximum atomic E-state index is 12.6. The molecule has 0 atom stereocenters. The third-order valence-electron chi connectivity index (χ3n) is 5.52. The molecular formula is C24H19F3N4O3. The Morgan fingerprint density at radius 3 is 2.62 bits per heavy atom. The molecule has 34 heavy (non-hydrogen) atoms. The van der Waals surface area contributed by atoms with E-state index in [4.69, 9.17) is 4.42 Å². The van der Waals surface area contributed by atoms with Crippen molar-refractivity contribution in [2.75, 3.05) is 6.54 Å². The van der Waals surface area contributed by atoms with Gasteiger partial charge in [-0.2, -0.15) is 0 Å². The first-order valence-electron chi connectivity index (χ1n) is 10.5. The summed E-state index contributed by atoms with van der Waals surface area (Å²) in [6, 6.07) is 12.8. The van der Waals surface area contributed by atoms with Crippen LogP contribution < -0.4 is 10.3 Å². The van der Waals surface area contributed by atoms with Gasteiger partial charge in [-0.1, -0.05) is 6.07 Å². The molecule has 7 nitrogen and oxygen atoms in total. The highest BCUT2D eigenvalue weighted by Gasteiger charge is 2.31. The highest BCUT2D eigenvalue weighted by atomic mass is 19.4. The van der Waals surface area contributed by atoms with Gasteiger partial charge in [0.2, 0.25) is 0 Å². The molecule has 3 aromatic heterocycles. The first kappa shape index (κ1) is 21.9. The van der Waals surface area contributed by atoms with Crippen LogP contribution in [0.2, 0.25) is 0 Å². The van der Waals surface area contributed by atoms with Gasteiger partial charge in [0, 0.05) is 37.8 Å². The molecule has 0 saturated carbocycles. The summed E-state index contributed by atoms with van der Waals surface area (Å²) in [5.41, 5.74) is 3.52. The molecule has 5 rings (SSSR count). The average molecular weight is 468 g/mol. The van der Waals surface area contributed by atoms with Crippen molar-refractivity contribution in [1.82, 2.24) is 19.9 Å². The van der Waals surface area contributed by atoms with Gasteiger partial charge in [-0.15, -0.1) is 13.2 Å². The molecule has 0 amide bonds. The van der Waals surface area contributed by atoms with Crippen LogP contribution in [0.5, 0.6) is 5.75 Å². The van der Waals surface area contributed by atoms with Crippen LogP contribution in [0.4, 0.5) is 13.2 Å². The second kappa shape index (κ2) is 8.79. The van der Waals surface area contributed by atoms with Crippen LogP contribution >= 0.6 is 0 Å². The number of hydrogen-bond acceptors (Lipinski definition) is 6. The summed E-state index contributed by atoms with van der Waals surface area (Å²) < 4.78 is 46.2. The lowest BCUT2D eigenvalue weighted by Gasteiger charge is -2.27. The van der Waals surface area contributed by atoms with E-state index in [2.05, 4.69) is 24.6 Å². The van der Waals surface area contributed by atoms with Gasteiger partial charge in [0.25, 0.3) is 5.56 Å². The fraction of sp³-hybridized carbons (Fsp3) is 0.208. The molecule has 0 unspecified atom stereocenters. The number of aromatic amines is 1. The van der Waals surface area contributed by atoms with Crippen LogP contribution in [0, 0.1) is 0 Å². The normalized spacial score (nSPS) is 14.1. The predicted molar refractivity (Wildman–Crippen MR) is 117 cm³/mol. The fourth-order valence-corrected chi connectivity index (χ4v) is 3.92. The number of furan rings is 1. The quantitative estimate of drug-likeness (QED) is 0.463. The highest BCUT2D eigenvalue weighted by molar-refractivity contribution is 5.60. The Hall–Kier alpha value is -3.92. The topological polar surface area (TPSA) is 84.2 Å². The van der Waals surface area contributed by atoms with Gasteiger partial charge in [0.15, 0.2) is 11.6 Å². The molecule has 1 aliphatic rings. The SMILES string of the molecule is O=c1[nH]c(-c2ccco2)nc2c1CN(Cc1ccc(-c3ccc(OC(F)(F)F)cc3)nc1)CC2. The van der Waals surface area contributed by atoms with Crippen molar-refractivity contribution in [3.05, 3.63) is 88.2 Å². The number of H-pyrrole nitrogens is 1. The number of aromatic nitrogens is 3. The summed E-state index contributed by atoms with van der Waals surface area (Å²) >= 11 is 0. The minimum Gasteiger partial charge on any atom is -0.461 e. The number of halogens is 3. The third-order valence-corrected chi connectivity index (χ3v) is 5.52. The number of fused-ring (bicyclic) bond motifs is 1. The Morgan fingerprint density at radius 2 is 1.94 bits per heavy atom. The molecular weight excluding hydrogens is 449 g/mol. The summed E-state index contributed by atoms with van der Waals surface area (Å²) in [6.07, 6.45) is -0.815. The molecule has 0 aliphatic carbocycles. The number of alkyl halides is 3. The number of pyridine rings is 1. The van der Waals surface area contributed by atoms with E-state index in [1.165, 1.54) is 30.5 Å². The van der Waals surface area contributed by atoms with Crippen LogP contribution in [0.25, 0.3) is 22.8 Å². The van der Waals surface area contributed by atoms with Gasteiger partial charge < -0.3 is 14.1 Å². The highest BCUT2D eigenvalue weighted by Crippen LogP contribution is 2.26. The van der Waals surface area contributed by atoms with Gasteiger partial charge in [0.1, 0.15) is 5.75 Å². The van der Waals surface area contributed by atoms with E-state index in [0.29, 0.717) is 47.9 Å². The van der Waals surface area contributed by atoms with E-state index in [1.807, 2.05) is 12.1 Å². The van der Waals surface area contributed by atoms with Crippen molar-refractivity contribution in [1.29, 1.82) is 0 Å². The van der Waals surface area contributed by atoms with Crippen LogP contribution in [0.3, 0.4) is 0 Å². The van der Waals surface area contributed by atoms with Gasteiger partial charge >= 0.3 is 6.36 Å². The van der Waals surface area contributed by atoms with E-state index >= 15 is 0 Å². The second-order valence-corrected chi connectivity index (χ2v) is 7.90. The first-order chi connectivity index (χ1) is 16.3. The number of nitrogens with zero attached hydrogens (tertiary/aromatic N) is 3. The Morgan fingerprint density at radius 1 is 1.12 bits per heavy atom. The molecule has 0 bridgehead atoms. The molecule has 4 aromatic rings. The summed E-state index contributed by atoms with van der Waals surface area (Å²) in [5, 5.41) is 0. The maximum Gasteiger partial charge on any atom is 0.573 e. The lowest BCUT2D eigenvalue weighted by Crippen LogP contribution is -2.35. The molecule has 1 aliphatic heterocycles. The summed E-state index contributed by atoms with van der Waals surface area (Å²) in [7, 11) is 0. The smallest absolute Gasteiger partial charge is 0.461 e. The van der Waals surface area contributed by atoms with Gasteiger partial charge in [0.05, 0.1) is 23.2 Å². The van der Waals surface area contributed by atoms with E-state index in [1.54, 1.807) is 18.3 Å². The Kier molecular flexibility index (Phi) is 5.66. The van der Waals surface area contributed by atoms with Crippen LogP contribution in [0.15, 0.2) is 70.2 Å². The average Bonchev–Trinajstić information content (AvgIpc) is 3.35. The van der Waals surface area contributed by atoms with E-state index in [-0.39, 0.29) is 11.3 Å². The van der Waals surface area contributed by atoms with E-state index in [0.717, 1.165) is 17.8 Å². The number of nitrogens with one attached hydrogen (secondary N) is 1. The van der Waals surface area contributed by atoms with Crippen molar-refractivity contribution < 1.29 is 22.3 Å². The van der Waals surface area contributed by atoms with Gasteiger partial charge in [-0.05, 0) is 48.0 Å². The van der Waals surface area contributed by atoms with Crippen molar-refractivity contribution in [3.8, 4) is 28.6 Å². The molecule has 0 saturated heterocycles. The lowest BCUT2D eigenvalue weighted by molar-refractivity contribution is -0.274. The maximum absolute atomic E-state index is 12.6. The fourth-order valence-electron chi connectivity index (χ4n) is 3.92. The first-order valence-corrected chi connectivity index (χ1v) is 10.5. The number of benzene rings is 1. The second-order valence-electron chi connectivity index (χ2n) is 7.90. The summed E-state index contributed by atoms with van der Waals surface area (Å²) in [5.74, 6) is 0.676. The predicted octanol–water partition coefficient (Wildman–Crippen LogP) is 4.55. The van der Waals surface area contributed by atoms with Crippen molar-refractivity contribution in [2.24, 2.45) is 0 Å². The molecule has 10 heteroatoms. The standard InChI is InChI=1S/C24H19F3N4O3/c25-24(26,27)34-17-6-4-16(5-7-17)19-8-3-15(12-28-19)13-31-10-9-20-18(14-31)23(32)30-22(29-20)21-2-1-11-33-21/h1-8,11-12H,9-10,13-14H2,(H,29,30,32). The number of hydrogen-bond donors (Lipinski definition) is 1. The molecule has 0 fully saturated rings. The molecule has 0 spiro atoms. The van der Waals surface area contributed by atoms with Crippen LogP contribution in [0.1, 0.15) is 16.8 Å².